The number of aromatic nitrogens is 2. The molecule has 1 aromatic heterocycles. The molecule has 0 bridgehead atoms. The molecule has 6 nitrogen and oxygen atoms in total. The summed E-state index contributed by atoms with van der Waals surface area (Å²) in [5.41, 5.74) is 3.41. The number of ether oxygens (including phenoxy) is 1. The fourth-order valence-corrected chi connectivity index (χ4v) is 2.58. The van der Waals surface area contributed by atoms with Crippen LogP contribution in [0.25, 0.3) is 0 Å². The van der Waals surface area contributed by atoms with E-state index in [9.17, 15) is 0 Å². The van der Waals surface area contributed by atoms with Crippen LogP contribution >= 0.6 is 0 Å². The van der Waals surface area contributed by atoms with E-state index < -0.39 is 0 Å². The zero-order valence-electron chi connectivity index (χ0n) is 16.3. The lowest BCUT2D eigenvalue weighted by Crippen LogP contribution is -2.37. The number of guanidine groups is 1. The Labute approximate surface area is 147 Å². The molecule has 0 aliphatic carbocycles. The van der Waals surface area contributed by atoms with Gasteiger partial charge >= 0.3 is 0 Å². The molecule has 1 rings (SSSR count). The van der Waals surface area contributed by atoms with Gasteiger partial charge in [-0.05, 0) is 39.5 Å². The van der Waals surface area contributed by atoms with Crippen molar-refractivity contribution in [1.29, 1.82) is 0 Å². The van der Waals surface area contributed by atoms with Crippen LogP contribution in [-0.2, 0) is 17.8 Å². The summed E-state index contributed by atoms with van der Waals surface area (Å²) in [7, 11) is 1.71. The minimum atomic E-state index is 0.643. The Kier molecular flexibility index (Phi) is 9.45. The SMILES string of the molecule is CCNC(=NCc1c(C)nn(CCOC)c1C)NCCCC(C)C. The lowest BCUT2D eigenvalue weighted by molar-refractivity contribution is 0.182. The maximum absolute atomic E-state index is 5.14. The van der Waals surface area contributed by atoms with Gasteiger partial charge in [0.15, 0.2) is 5.96 Å². The standard InChI is InChI=1S/C18H35N5O/c1-7-19-18(20-10-8-9-14(2)3)21-13-17-15(4)22-23(16(17)5)11-12-24-6/h14H,7-13H2,1-6H3,(H2,19,20,21). The van der Waals surface area contributed by atoms with E-state index in [1.807, 2.05) is 11.6 Å². The molecule has 138 valence electrons. The Morgan fingerprint density at radius 2 is 2.04 bits per heavy atom. The molecule has 2 N–H and O–H groups in total. The van der Waals surface area contributed by atoms with Crippen LogP contribution in [0, 0.1) is 19.8 Å². The molecule has 0 aliphatic heterocycles. The number of aliphatic imine (C=N–C) groups is 1. The van der Waals surface area contributed by atoms with Crippen molar-refractivity contribution in [3.63, 3.8) is 0 Å². The van der Waals surface area contributed by atoms with Gasteiger partial charge in [-0.25, -0.2) is 4.99 Å². The molecule has 0 radical (unpaired) electrons. The molecular weight excluding hydrogens is 302 g/mol. The molecule has 0 amide bonds. The largest absolute Gasteiger partial charge is 0.383 e. The Hall–Kier alpha value is -1.56. The molecule has 0 unspecified atom stereocenters. The van der Waals surface area contributed by atoms with Gasteiger partial charge in [-0.3, -0.25) is 4.68 Å². The van der Waals surface area contributed by atoms with E-state index >= 15 is 0 Å². The molecule has 0 fully saturated rings. The van der Waals surface area contributed by atoms with Gasteiger partial charge < -0.3 is 15.4 Å². The first-order valence-electron chi connectivity index (χ1n) is 9.03. The third-order valence-electron chi connectivity index (χ3n) is 4.03. The summed E-state index contributed by atoms with van der Waals surface area (Å²) in [5, 5.41) is 11.3. The van der Waals surface area contributed by atoms with Crippen molar-refractivity contribution < 1.29 is 4.74 Å². The van der Waals surface area contributed by atoms with E-state index in [0.29, 0.717) is 13.2 Å². The maximum atomic E-state index is 5.14. The van der Waals surface area contributed by atoms with Crippen LogP contribution in [-0.4, -0.2) is 42.5 Å². The van der Waals surface area contributed by atoms with Gasteiger partial charge in [0.1, 0.15) is 0 Å². The van der Waals surface area contributed by atoms with Crippen LogP contribution in [0.1, 0.15) is 50.6 Å². The number of nitrogens with one attached hydrogen (secondary N) is 2. The maximum Gasteiger partial charge on any atom is 0.191 e. The third kappa shape index (κ3) is 6.91. The van der Waals surface area contributed by atoms with E-state index in [1.54, 1.807) is 7.11 Å². The predicted molar refractivity (Wildman–Crippen MR) is 100 cm³/mol. The van der Waals surface area contributed by atoms with Gasteiger partial charge in [-0.2, -0.15) is 5.10 Å². The summed E-state index contributed by atoms with van der Waals surface area (Å²) in [4.78, 5) is 4.73. The summed E-state index contributed by atoms with van der Waals surface area (Å²) in [6.45, 7) is 14.7. The Morgan fingerprint density at radius 3 is 2.67 bits per heavy atom. The summed E-state index contributed by atoms with van der Waals surface area (Å²) < 4.78 is 7.15. The van der Waals surface area contributed by atoms with Crippen molar-refractivity contribution in [1.82, 2.24) is 20.4 Å². The van der Waals surface area contributed by atoms with Gasteiger partial charge in [-0.1, -0.05) is 13.8 Å². The molecule has 0 aromatic carbocycles. The number of nitrogens with zero attached hydrogens (tertiary/aromatic N) is 3. The summed E-state index contributed by atoms with van der Waals surface area (Å²) in [6.07, 6.45) is 2.39. The lowest BCUT2D eigenvalue weighted by atomic mass is 10.1. The van der Waals surface area contributed by atoms with Gasteiger partial charge in [0.05, 0.1) is 25.4 Å². The molecule has 24 heavy (non-hydrogen) atoms. The second-order valence-electron chi connectivity index (χ2n) is 6.52. The van der Waals surface area contributed by atoms with Gasteiger partial charge in [0.25, 0.3) is 0 Å². The van der Waals surface area contributed by atoms with Crippen LogP contribution in [0.15, 0.2) is 4.99 Å². The minimum Gasteiger partial charge on any atom is -0.383 e. The molecule has 0 saturated heterocycles. The molecule has 0 aliphatic rings. The van der Waals surface area contributed by atoms with Crippen LogP contribution in [0.4, 0.5) is 0 Å². The number of hydrogen-bond donors (Lipinski definition) is 2. The quantitative estimate of drug-likeness (QED) is 0.391. The van der Waals surface area contributed by atoms with Crippen LogP contribution in [0.2, 0.25) is 0 Å². The number of methoxy groups -OCH3 is 1. The highest BCUT2D eigenvalue weighted by molar-refractivity contribution is 5.79. The molecule has 1 aromatic rings. The summed E-state index contributed by atoms with van der Waals surface area (Å²) >= 11 is 0. The molecule has 0 spiro atoms. The van der Waals surface area contributed by atoms with Crippen molar-refractivity contribution in [2.24, 2.45) is 10.9 Å². The van der Waals surface area contributed by atoms with Crippen molar-refractivity contribution >= 4 is 5.96 Å². The van der Waals surface area contributed by atoms with E-state index in [0.717, 1.165) is 43.6 Å². The Balaban J connectivity index is 2.66. The first-order chi connectivity index (χ1) is 11.5. The van der Waals surface area contributed by atoms with E-state index in [2.05, 4.69) is 43.4 Å². The third-order valence-corrected chi connectivity index (χ3v) is 4.03. The lowest BCUT2D eigenvalue weighted by Gasteiger charge is -2.12. The summed E-state index contributed by atoms with van der Waals surface area (Å²) in [6, 6.07) is 0. The highest BCUT2D eigenvalue weighted by Gasteiger charge is 2.11. The van der Waals surface area contributed by atoms with Crippen molar-refractivity contribution in [2.45, 2.75) is 60.5 Å². The average molecular weight is 338 g/mol. The first kappa shape index (κ1) is 20.5. The predicted octanol–water partition coefficient (Wildman–Crippen LogP) is 2.64. The molecule has 1 heterocycles. The Morgan fingerprint density at radius 1 is 1.29 bits per heavy atom. The van der Waals surface area contributed by atoms with E-state index in [4.69, 9.17) is 9.73 Å². The fourth-order valence-electron chi connectivity index (χ4n) is 2.58. The van der Waals surface area contributed by atoms with Gasteiger partial charge in [-0.15, -0.1) is 0 Å². The minimum absolute atomic E-state index is 0.643. The monoisotopic (exact) mass is 337 g/mol. The van der Waals surface area contributed by atoms with Gasteiger partial charge in [0, 0.05) is 31.5 Å². The number of aryl methyl sites for hydroxylation is 1. The van der Waals surface area contributed by atoms with Crippen molar-refractivity contribution in [3.8, 4) is 0 Å². The van der Waals surface area contributed by atoms with E-state index in [1.165, 1.54) is 17.7 Å². The second kappa shape index (κ2) is 11.1. The molecular formula is C18H35N5O. The van der Waals surface area contributed by atoms with Crippen LogP contribution < -0.4 is 10.6 Å². The first-order valence-corrected chi connectivity index (χ1v) is 9.03. The topological polar surface area (TPSA) is 63.5 Å². The van der Waals surface area contributed by atoms with Crippen molar-refractivity contribution in [2.75, 3.05) is 26.8 Å². The Bertz CT molecular complexity index is 508. The fraction of sp³-hybridized carbons (Fsp3) is 0.778. The molecule has 0 saturated carbocycles. The summed E-state index contributed by atoms with van der Waals surface area (Å²) in [5.74, 6) is 1.62. The molecule has 0 atom stereocenters. The highest BCUT2D eigenvalue weighted by atomic mass is 16.5. The van der Waals surface area contributed by atoms with E-state index in [-0.39, 0.29) is 0 Å². The second-order valence-corrected chi connectivity index (χ2v) is 6.52. The number of hydrogen-bond acceptors (Lipinski definition) is 3. The van der Waals surface area contributed by atoms with Crippen LogP contribution in [0.5, 0.6) is 0 Å². The van der Waals surface area contributed by atoms with Crippen molar-refractivity contribution in [3.05, 3.63) is 17.0 Å². The van der Waals surface area contributed by atoms with Gasteiger partial charge in [0.2, 0.25) is 0 Å². The smallest absolute Gasteiger partial charge is 0.191 e. The highest BCUT2D eigenvalue weighted by Crippen LogP contribution is 2.14. The zero-order valence-corrected chi connectivity index (χ0v) is 16.3. The molecule has 6 heteroatoms. The average Bonchev–Trinajstić information content (AvgIpc) is 2.80. The van der Waals surface area contributed by atoms with Crippen LogP contribution in [0.3, 0.4) is 0 Å². The zero-order chi connectivity index (χ0) is 17.9. The normalized spacial score (nSPS) is 12.0. The number of rotatable bonds is 10.